The molecule has 8 heteroatoms. The highest BCUT2D eigenvalue weighted by Gasteiger charge is 2.38. The zero-order valence-corrected chi connectivity index (χ0v) is 18.9. The van der Waals surface area contributed by atoms with Crippen LogP contribution in [0.2, 0.25) is 0 Å². The van der Waals surface area contributed by atoms with Crippen molar-refractivity contribution in [2.75, 3.05) is 19.5 Å². The quantitative estimate of drug-likeness (QED) is 0.582. The molecular formula is C25H22N2O5S. The highest BCUT2D eigenvalue weighted by Crippen LogP contribution is 2.39. The van der Waals surface area contributed by atoms with Gasteiger partial charge in [-0.25, -0.2) is 9.59 Å². The summed E-state index contributed by atoms with van der Waals surface area (Å²) >= 11 is 1.08. The Kier molecular flexibility index (Phi) is 6.37. The van der Waals surface area contributed by atoms with Crippen molar-refractivity contribution in [3.05, 3.63) is 88.1 Å². The summed E-state index contributed by atoms with van der Waals surface area (Å²) in [5.74, 6) is -1.75. The Hall–Kier alpha value is -3.78. The van der Waals surface area contributed by atoms with E-state index >= 15 is 0 Å². The first-order valence-electron chi connectivity index (χ1n) is 10.3. The van der Waals surface area contributed by atoms with Gasteiger partial charge in [0.05, 0.1) is 24.8 Å². The SMILES string of the molecule is CCOC(=O)c1c(N)/c(=C\c2ccccc2)c2n1C(=O)[C@H](c1ccccc1)SC=2C(=O)OC. The fourth-order valence-electron chi connectivity index (χ4n) is 3.73. The van der Waals surface area contributed by atoms with Crippen LogP contribution in [0.5, 0.6) is 0 Å². The number of fused-ring (bicyclic) bond motifs is 1. The highest BCUT2D eigenvalue weighted by atomic mass is 32.2. The number of nitrogens with two attached hydrogens (primary N) is 1. The lowest BCUT2D eigenvalue weighted by Gasteiger charge is -2.23. The normalized spacial score (nSPS) is 15.8. The molecule has 0 saturated heterocycles. The number of hydrogen-bond acceptors (Lipinski definition) is 7. The Morgan fingerprint density at radius 1 is 1.06 bits per heavy atom. The number of hydrogen-bond donors (Lipinski definition) is 1. The predicted octanol–water partition coefficient (Wildman–Crippen LogP) is 2.49. The molecule has 1 atom stereocenters. The Balaban J connectivity index is 2.11. The van der Waals surface area contributed by atoms with Crippen LogP contribution < -0.4 is 16.3 Å². The summed E-state index contributed by atoms with van der Waals surface area (Å²) < 4.78 is 11.5. The van der Waals surface area contributed by atoms with Crippen LogP contribution in [0, 0.1) is 0 Å². The summed E-state index contributed by atoms with van der Waals surface area (Å²) in [5, 5.41) is -0.150. The van der Waals surface area contributed by atoms with Crippen LogP contribution in [-0.4, -0.2) is 36.1 Å². The van der Waals surface area contributed by atoms with E-state index in [1.54, 1.807) is 37.3 Å². The summed E-state index contributed by atoms with van der Waals surface area (Å²) in [6, 6.07) is 18.3. The molecule has 33 heavy (non-hydrogen) atoms. The Labute approximate surface area is 194 Å². The molecule has 2 heterocycles. The average molecular weight is 463 g/mol. The number of carbonyl (C=O) groups is 3. The zero-order chi connectivity index (χ0) is 23.5. The van der Waals surface area contributed by atoms with Crippen molar-refractivity contribution in [3.8, 4) is 0 Å². The summed E-state index contributed by atoms with van der Waals surface area (Å²) in [4.78, 5) is 39.7. The minimum atomic E-state index is -0.766. The minimum Gasteiger partial charge on any atom is -0.465 e. The maximum atomic E-state index is 13.7. The molecule has 168 valence electrons. The Morgan fingerprint density at radius 2 is 1.70 bits per heavy atom. The molecule has 0 unspecified atom stereocenters. The van der Waals surface area contributed by atoms with Crippen molar-refractivity contribution in [3.63, 3.8) is 0 Å². The molecule has 1 aliphatic heterocycles. The van der Waals surface area contributed by atoms with Gasteiger partial charge in [0.1, 0.15) is 10.2 Å². The number of carbonyl (C=O) groups excluding carboxylic acids is 3. The van der Waals surface area contributed by atoms with Crippen LogP contribution in [0.25, 0.3) is 11.0 Å². The number of anilines is 1. The van der Waals surface area contributed by atoms with Crippen molar-refractivity contribution in [2.45, 2.75) is 12.2 Å². The van der Waals surface area contributed by atoms with Gasteiger partial charge in [0, 0.05) is 5.22 Å². The van der Waals surface area contributed by atoms with Crippen LogP contribution in [0.4, 0.5) is 5.69 Å². The van der Waals surface area contributed by atoms with Gasteiger partial charge in [-0.15, -0.1) is 0 Å². The number of thioether (sulfide) groups is 1. The molecule has 7 nitrogen and oxygen atoms in total. The first-order valence-corrected chi connectivity index (χ1v) is 11.2. The molecular weight excluding hydrogens is 440 g/mol. The third-order valence-corrected chi connectivity index (χ3v) is 6.50. The maximum Gasteiger partial charge on any atom is 0.357 e. The molecule has 0 spiro atoms. The molecule has 0 radical (unpaired) electrons. The monoisotopic (exact) mass is 462 g/mol. The van der Waals surface area contributed by atoms with Crippen LogP contribution in [0.1, 0.15) is 38.6 Å². The van der Waals surface area contributed by atoms with Crippen LogP contribution in [0.15, 0.2) is 60.7 Å². The number of methoxy groups -OCH3 is 1. The van der Waals surface area contributed by atoms with Crippen molar-refractivity contribution in [2.24, 2.45) is 0 Å². The number of nitrogen functional groups attached to an aromatic ring is 1. The molecule has 1 aromatic heterocycles. The summed E-state index contributed by atoms with van der Waals surface area (Å²) in [6.45, 7) is 1.77. The van der Waals surface area contributed by atoms with Crippen molar-refractivity contribution in [1.29, 1.82) is 0 Å². The number of rotatable bonds is 5. The van der Waals surface area contributed by atoms with Gasteiger partial charge >= 0.3 is 11.9 Å². The van der Waals surface area contributed by atoms with E-state index in [4.69, 9.17) is 15.2 Å². The second kappa shape index (κ2) is 9.38. The molecule has 3 aromatic rings. The lowest BCUT2D eigenvalue weighted by molar-refractivity contribution is -0.133. The number of ether oxygens (including phenoxy) is 2. The van der Waals surface area contributed by atoms with E-state index in [2.05, 4.69) is 0 Å². The maximum absolute atomic E-state index is 13.7. The van der Waals surface area contributed by atoms with E-state index in [0.717, 1.165) is 17.3 Å². The van der Waals surface area contributed by atoms with Gasteiger partial charge in [0.2, 0.25) is 5.91 Å². The fourth-order valence-corrected chi connectivity index (χ4v) is 4.96. The van der Waals surface area contributed by atoms with E-state index in [1.807, 2.05) is 36.4 Å². The van der Waals surface area contributed by atoms with Crippen LogP contribution in [0.3, 0.4) is 0 Å². The van der Waals surface area contributed by atoms with Crippen molar-refractivity contribution < 1.29 is 23.9 Å². The molecule has 1 aliphatic rings. The van der Waals surface area contributed by atoms with E-state index in [9.17, 15) is 14.4 Å². The number of aromatic nitrogens is 1. The lowest BCUT2D eigenvalue weighted by Crippen LogP contribution is -2.42. The predicted molar refractivity (Wildman–Crippen MR) is 127 cm³/mol. The van der Waals surface area contributed by atoms with E-state index in [0.29, 0.717) is 10.8 Å². The third kappa shape index (κ3) is 4.05. The molecule has 4 rings (SSSR count). The molecule has 0 saturated carbocycles. The van der Waals surface area contributed by atoms with E-state index < -0.39 is 23.1 Å². The van der Waals surface area contributed by atoms with E-state index in [1.165, 1.54) is 11.7 Å². The molecule has 0 bridgehead atoms. The second-order valence-corrected chi connectivity index (χ2v) is 8.32. The number of benzene rings is 2. The smallest absolute Gasteiger partial charge is 0.357 e. The van der Waals surface area contributed by atoms with Gasteiger partial charge in [-0.05, 0) is 24.1 Å². The van der Waals surface area contributed by atoms with Gasteiger partial charge in [-0.2, -0.15) is 0 Å². The van der Waals surface area contributed by atoms with Crippen molar-refractivity contribution in [1.82, 2.24) is 4.57 Å². The molecule has 0 aliphatic carbocycles. The average Bonchev–Trinajstić information content (AvgIpc) is 3.13. The van der Waals surface area contributed by atoms with Crippen LogP contribution in [-0.2, 0) is 14.3 Å². The fraction of sp³-hybridized carbons (Fsp3) is 0.160. The molecule has 0 amide bonds. The van der Waals surface area contributed by atoms with Gasteiger partial charge < -0.3 is 15.2 Å². The second-order valence-electron chi connectivity index (χ2n) is 7.20. The van der Waals surface area contributed by atoms with Crippen LogP contribution >= 0.6 is 11.8 Å². The first-order chi connectivity index (χ1) is 16.0. The summed E-state index contributed by atoms with van der Waals surface area (Å²) in [7, 11) is 1.27. The Bertz CT molecular complexity index is 1350. The zero-order valence-electron chi connectivity index (χ0n) is 18.1. The third-order valence-electron chi connectivity index (χ3n) is 5.20. The van der Waals surface area contributed by atoms with Gasteiger partial charge in [0.25, 0.3) is 0 Å². The Morgan fingerprint density at radius 3 is 2.30 bits per heavy atom. The molecule has 2 aromatic carbocycles. The molecule has 0 fully saturated rings. The van der Waals surface area contributed by atoms with Gasteiger partial charge in [0.15, 0.2) is 5.69 Å². The van der Waals surface area contributed by atoms with Gasteiger partial charge in [-0.1, -0.05) is 72.4 Å². The van der Waals surface area contributed by atoms with Gasteiger partial charge in [-0.3, -0.25) is 9.36 Å². The summed E-state index contributed by atoms with van der Waals surface area (Å²) in [5.41, 5.74) is 7.89. The first kappa shape index (κ1) is 22.4. The van der Waals surface area contributed by atoms with E-state index in [-0.39, 0.29) is 28.2 Å². The largest absolute Gasteiger partial charge is 0.465 e. The highest BCUT2D eigenvalue weighted by molar-refractivity contribution is 8.10. The minimum absolute atomic E-state index is 0.0661. The number of nitrogens with zero attached hydrogens (tertiary/aromatic N) is 1. The number of esters is 2. The standard InChI is InChI=1S/C25H22N2O5S/c1-3-32-24(29)20-18(26)17(14-15-10-6-4-7-11-15)19-22(25(30)31-2)33-21(23(28)27(19)20)16-12-8-5-9-13-16/h4-14,21H,3,26H2,1-2H3/b17-14+/t21-/m0/s1. The van der Waals surface area contributed by atoms with Crippen molar-refractivity contribution >= 4 is 46.3 Å². The molecule has 2 N–H and O–H groups in total. The summed E-state index contributed by atoms with van der Waals surface area (Å²) in [6.07, 6.45) is 1.74. The lowest BCUT2D eigenvalue weighted by atomic mass is 10.1. The topological polar surface area (TPSA) is 101 Å².